The summed E-state index contributed by atoms with van der Waals surface area (Å²) < 4.78 is 25.6. The third-order valence-electron chi connectivity index (χ3n) is 2.82. The molecule has 2 aromatic rings. The first-order valence-corrected chi connectivity index (χ1v) is 8.69. The fourth-order valence-corrected chi connectivity index (χ4v) is 2.27. The minimum absolute atomic E-state index is 0.122. The number of aromatic nitrogens is 3. The summed E-state index contributed by atoms with van der Waals surface area (Å²) in [6.45, 7) is 0.292. The highest BCUT2D eigenvalue weighted by Crippen LogP contribution is 2.18. The number of rotatable bonds is 6. The molecule has 0 aliphatic rings. The van der Waals surface area contributed by atoms with Gasteiger partial charge in [-0.25, -0.2) is 17.9 Å². The number of nitrogens with one attached hydrogen (secondary N) is 3. The van der Waals surface area contributed by atoms with Crippen molar-refractivity contribution < 1.29 is 13.2 Å². The van der Waals surface area contributed by atoms with Crippen molar-refractivity contribution >= 4 is 21.9 Å². The predicted octanol–water partition coefficient (Wildman–Crippen LogP) is 0.153. The lowest BCUT2D eigenvalue weighted by Gasteiger charge is -2.07. The van der Waals surface area contributed by atoms with E-state index in [-0.39, 0.29) is 13.1 Å². The first-order valence-electron chi connectivity index (χ1n) is 6.80. The molecule has 0 unspecified atom stereocenters. The van der Waals surface area contributed by atoms with Crippen molar-refractivity contribution in [2.45, 2.75) is 0 Å². The zero-order chi connectivity index (χ0) is 16.9. The Hall–Kier alpha value is -2.46. The summed E-state index contributed by atoms with van der Waals surface area (Å²) in [5, 5.41) is 9.47. The van der Waals surface area contributed by atoms with Crippen LogP contribution in [0.4, 0.5) is 10.6 Å². The Balaban J connectivity index is 1.90. The van der Waals surface area contributed by atoms with Gasteiger partial charge in [-0.2, -0.15) is 5.10 Å². The van der Waals surface area contributed by atoms with Crippen LogP contribution in [0.5, 0.6) is 0 Å². The van der Waals surface area contributed by atoms with E-state index in [0.717, 1.165) is 6.26 Å². The molecule has 0 aromatic carbocycles. The quantitative estimate of drug-likeness (QED) is 0.648. The molecule has 9 nitrogen and oxygen atoms in total. The van der Waals surface area contributed by atoms with Gasteiger partial charge >= 0.3 is 6.03 Å². The fourth-order valence-electron chi connectivity index (χ4n) is 1.80. The molecule has 0 atom stereocenters. The molecule has 0 saturated heterocycles. The van der Waals surface area contributed by atoms with Crippen LogP contribution in [0.1, 0.15) is 0 Å². The van der Waals surface area contributed by atoms with Gasteiger partial charge in [0.2, 0.25) is 10.0 Å². The second kappa shape index (κ2) is 7.20. The molecule has 2 amide bonds. The van der Waals surface area contributed by atoms with Crippen molar-refractivity contribution in [2.75, 3.05) is 24.7 Å². The highest BCUT2D eigenvalue weighted by atomic mass is 32.2. The number of aryl methyl sites for hydroxylation is 1. The highest BCUT2D eigenvalue weighted by molar-refractivity contribution is 7.88. The standard InChI is InChI=1S/C13H18N6O3S/c1-19-12(9-11(18-19)10-5-3-4-6-14-10)17-13(20)15-7-8-16-23(2,21)22/h3-6,9,16H,7-8H2,1-2H3,(H2,15,17,20). The van der Waals surface area contributed by atoms with Crippen LogP contribution in [0.15, 0.2) is 30.5 Å². The maximum Gasteiger partial charge on any atom is 0.320 e. The first kappa shape index (κ1) is 16.9. The minimum Gasteiger partial charge on any atom is -0.337 e. The molecular formula is C13H18N6O3S. The molecule has 23 heavy (non-hydrogen) atoms. The third-order valence-corrected chi connectivity index (χ3v) is 3.55. The summed E-state index contributed by atoms with van der Waals surface area (Å²) >= 11 is 0. The zero-order valence-electron chi connectivity index (χ0n) is 12.8. The SMILES string of the molecule is Cn1nc(-c2ccccn2)cc1NC(=O)NCCNS(C)(=O)=O. The minimum atomic E-state index is -3.26. The first-order chi connectivity index (χ1) is 10.8. The van der Waals surface area contributed by atoms with E-state index in [2.05, 4.69) is 25.4 Å². The summed E-state index contributed by atoms with van der Waals surface area (Å²) in [4.78, 5) is 16.0. The third kappa shape index (κ3) is 5.34. The number of pyridine rings is 1. The average molecular weight is 338 g/mol. The molecule has 0 bridgehead atoms. The van der Waals surface area contributed by atoms with Gasteiger partial charge in [-0.15, -0.1) is 0 Å². The topological polar surface area (TPSA) is 118 Å². The Morgan fingerprint density at radius 2 is 2.04 bits per heavy atom. The van der Waals surface area contributed by atoms with E-state index in [1.165, 1.54) is 4.68 Å². The van der Waals surface area contributed by atoms with Gasteiger partial charge < -0.3 is 5.32 Å². The van der Waals surface area contributed by atoms with Gasteiger partial charge in [0, 0.05) is 32.4 Å². The second-order valence-electron chi connectivity index (χ2n) is 4.80. The number of nitrogens with zero attached hydrogens (tertiary/aromatic N) is 3. The van der Waals surface area contributed by atoms with Crippen LogP contribution in [-0.4, -0.2) is 48.6 Å². The monoisotopic (exact) mass is 338 g/mol. The molecule has 0 spiro atoms. The number of carbonyl (C=O) groups excluding carboxylic acids is 1. The molecule has 2 rings (SSSR count). The Morgan fingerprint density at radius 3 is 2.70 bits per heavy atom. The predicted molar refractivity (Wildman–Crippen MR) is 86.3 cm³/mol. The molecule has 2 heterocycles. The zero-order valence-corrected chi connectivity index (χ0v) is 13.6. The number of urea groups is 1. The average Bonchev–Trinajstić information content (AvgIpc) is 2.85. The van der Waals surface area contributed by atoms with E-state index < -0.39 is 16.1 Å². The summed E-state index contributed by atoms with van der Waals surface area (Å²) in [5.41, 5.74) is 1.34. The number of amides is 2. The van der Waals surface area contributed by atoms with E-state index in [1.54, 1.807) is 19.3 Å². The molecular weight excluding hydrogens is 320 g/mol. The van der Waals surface area contributed by atoms with Crippen LogP contribution in [0.25, 0.3) is 11.4 Å². The fraction of sp³-hybridized carbons (Fsp3) is 0.308. The molecule has 10 heteroatoms. The Bertz CT molecular complexity index is 772. The molecule has 0 fully saturated rings. The Kier molecular flexibility index (Phi) is 5.29. The number of anilines is 1. The van der Waals surface area contributed by atoms with E-state index in [1.807, 2.05) is 18.2 Å². The molecule has 3 N–H and O–H groups in total. The van der Waals surface area contributed by atoms with Gasteiger partial charge in [0.25, 0.3) is 0 Å². The number of hydrogen-bond donors (Lipinski definition) is 3. The van der Waals surface area contributed by atoms with Gasteiger partial charge in [-0.1, -0.05) is 6.07 Å². The largest absolute Gasteiger partial charge is 0.337 e. The molecule has 0 aliphatic carbocycles. The summed E-state index contributed by atoms with van der Waals surface area (Å²) in [6.07, 6.45) is 2.72. The van der Waals surface area contributed by atoms with Crippen molar-refractivity contribution in [1.29, 1.82) is 0 Å². The second-order valence-corrected chi connectivity index (χ2v) is 6.63. The van der Waals surface area contributed by atoms with Crippen LogP contribution < -0.4 is 15.4 Å². The molecule has 0 saturated carbocycles. The van der Waals surface area contributed by atoms with Crippen LogP contribution in [0.2, 0.25) is 0 Å². The van der Waals surface area contributed by atoms with Gasteiger partial charge in [0.1, 0.15) is 11.5 Å². The van der Waals surface area contributed by atoms with E-state index >= 15 is 0 Å². The van der Waals surface area contributed by atoms with E-state index in [4.69, 9.17) is 0 Å². The van der Waals surface area contributed by atoms with Crippen LogP contribution in [-0.2, 0) is 17.1 Å². The van der Waals surface area contributed by atoms with Crippen LogP contribution in [0.3, 0.4) is 0 Å². The van der Waals surface area contributed by atoms with Crippen molar-refractivity contribution in [3.8, 4) is 11.4 Å². The lowest BCUT2D eigenvalue weighted by molar-refractivity contribution is 0.252. The molecule has 0 aliphatic heterocycles. The summed E-state index contributed by atoms with van der Waals surface area (Å²) in [7, 11) is -1.56. The number of sulfonamides is 1. The molecule has 2 aromatic heterocycles. The normalized spacial score (nSPS) is 11.2. The summed E-state index contributed by atoms with van der Waals surface area (Å²) in [5.74, 6) is 0.499. The van der Waals surface area contributed by atoms with Crippen molar-refractivity contribution in [2.24, 2.45) is 7.05 Å². The van der Waals surface area contributed by atoms with Crippen LogP contribution in [0, 0.1) is 0 Å². The Labute approximate surface area is 134 Å². The number of carbonyl (C=O) groups is 1. The van der Waals surface area contributed by atoms with Gasteiger partial charge in [0.15, 0.2) is 0 Å². The van der Waals surface area contributed by atoms with Crippen molar-refractivity contribution in [3.05, 3.63) is 30.5 Å². The van der Waals surface area contributed by atoms with Gasteiger partial charge in [0.05, 0.1) is 11.9 Å². The van der Waals surface area contributed by atoms with E-state index in [9.17, 15) is 13.2 Å². The molecule has 0 radical (unpaired) electrons. The van der Waals surface area contributed by atoms with Gasteiger partial charge in [-0.05, 0) is 12.1 Å². The lowest BCUT2D eigenvalue weighted by Crippen LogP contribution is -2.36. The smallest absolute Gasteiger partial charge is 0.320 e. The number of hydrogen-bond acceptors (Lipinski definition) is 5. The van der Waals surface area contributed by atoms with Crippen LogP contribution >= 0.6 is 0 Å². The Morgan fingerprint density at radius 1 is 1.26 bits per heavy atom. The maximum absolute atomic E-state index is 11.8. The highest BCUT2D eigenvalue weighted by Gasteiger charge is 2.10. The van der Waals surface area contributed by atoms with Crippen molar-refractivity contribution in [3.63, 3.8) is 0 Å². The summed E-state index contributed by atoms with van der Waals surface area (Å²) in [6, 6.07) is 6.74. The maximum atomic E-state index is 11.8. The van der Waals surface area contributed by atoms with Crippen molar-refractivity contribution in [1.82, 2.24) is 24.8 Å². The van der Waals surface area contributed by atoms with Gasteiger partial charge in [-0.3, -0.25) is 15.0 Å². The lowest BCUT2D eigenvalue weighted by atomic mass is 10.3. The molecule has 124 valence electrons. The van der Waals surface area contributed by atoms with E-state index in [0.29, 0.717) is 17.2 Å².